The van der Waals surface area contributed by atoms with Crippen LogP contribution in [0.15, 0.2) is 399 Å². The van der Waals surface area contributed by atoms with Crippen molar-refractivity contribution in [2.75, 3.05) is 10.2 Å². The van der Waals surface area contributed by atoms with E-state index in [-0.39, 0.29) is 57.8 Å². The second-order valence-corrected chi connectivity index (χ2v) is 31.9. The summed E-state index contributed by atoms with van der Waals surface area (Å²) in [4.78, 5) is 28.2. The first kappa shape index (κ1) is 89.4. The van der Waals surface area contributed by atoms with Crippen LogP contribution >= 0.6 is 0 Å². The van der Waals surface area contributed by atoms with Gasteiger partial charge in [0, 0.05) is 128 Å². The molecule has 634 valence electrons. The largest absolute Gasteiger partial charge is 0.527 e. The third-order valence-corrected chi connectivity index (χ3v) is 22.2. The van der Waals surface area contributed by atoms with Crippen LogP contribution in [0.2, 0.25) is 0 Å². The molecular formula is C112H98Ir2N10O3-2. The Morgan fingerprint density at radius 2 is 1.20 bits per heavy atom. The monoisotopic (exact) mass is 2020 g/mol. The van der Waals surface area contributed by atoms with Crippen LogP contribution in [0.25, 0.3) is 99.9 Å². The number of para-hydroxylation sites is 3. The van der Waals surface area contributed by atoms with Crippen LogP contribution in [0.4, 0.5) is 17.1 Å². The molecule has 0 saturated heterocycles. The number of nitrogens with zero attached hydrogens (tertiary/aromatic N) is 9. The third-order valence-electron chi connectivity index (χ3n) is 22.2. The predicted octanol–water partition coefficient (Wildman–Crippen LogP) is 26.9. The molecule has 1 atom stereocenters. The fourth-order valence-electron chi connectivity index (χ4n) is 16.4. The van der Waals surface area contributed by atoms with Crippen molar-refractivity contribution in [2.24, 2.45) is 10.2 Å². The van der Waals surface area contributed by atoms with Gasteiger partial charge in [0.1, 0.15) is 36.5 Å². The van der Waals surface area contributed by atoms with Gasteiger partial charge >= 0.3 is 0 Å². The fourth-order valence-corrected chi connectivity index (χ4v) is 16.4. The van der Waals surface area contributed by atoms with E-state index in [0.29, 0.717) is 23.8 Å². The number of aliphatic hydroxyl groups excluding tert-OH is 1. The number of ether oxygens (including phenoxy) is 1. The number of hydrogen-bond acceptors (Lipinski definition) is 11. The van der Waals surface area contributed by atoms with Gasteiger partial charge in [0.15, 0.2) is 5.78 Å². The molecule has 15 heteroatoms. The van der Waals surface area contributed by atoms with Crippen molar-refractivity contribution in [3.8, 4) is 67.6 Å². The Morgan fingerprint density at radius 1 is 0.583 bits per heavy atom. The van der Waals surface area contributed by atoms with Crippen LogP contribution in [0.1, 0.15) is 106 Å². The smallest absolute Gasteiger partial charge is 0.294 e. The van der Waals surface area contributed by atoms with Gasteiger partial charge in [-0.25, -0.2) is 4.57 Å². The minimum Gasteiger partial charge on any atom is -0.527 e. The first-order valence-corrected chi connectivity index (χ1v) is 42.5. The van der Waals surface area contributed by atoms with Crippen LogP contribution < -0.4 is 19.5 Å². The topological polar surface area (TPSA) is 137 Å². The summed E-state index contributed by atoms with van der Waals surface area (Å²) in [5.74, 6) is 3.62. The first-order valence-electron chi connectivity index (χ1n) is 42.5. The maximum Gasteiger partial charge on any atom is 0.294 e. The van der Waals surface area contributed by atoms with E-state index in [4.69, 9.17) is 14.8 Å². The van der Waals surface area contributed by atoms with Crippen molar-refractivity contribution in [3.05, 3.63) is 446 Å². The number of imidazole rings is 1. The number of aromatic nitrogens is 5. The summed E-state index contributed by atoms with van der Waals surface area (Å²) >= 11 is 0. The van der Waals surface area contributed by atoms with Crippen molar-refractivity contribution in [3.63, 3.8) is 0 Å². The summed E-state index contributed by atoms with van der Waals surface area (Å²) in [6.07, 6.45) is 24.8. The second kappa shape index (κ2) is 41.7. The maximum absolute atomic E-state index is 10.0. The Kier molecular flexibility index (Phi) is 29.4. The standard InChI is InChI=1S/C27H18N.C22H25N2.C18H17N3.C15H10NO.C14H12N2.C11H8N.C5H8O2.2Ir/c1-4-10-20(11-5-1)23-16-17-26-25(18-23)24(21-12-6-2-7-13-21)19-27(28-26)22-14-8-3-9-15-22;1-15(2)18-10-7-11-19(16(3)4)21(18)24-13-12-23-14-17-8-5-6-9-20(17)22(23)24;1-11(2)20-21-17-15-8-4-3-7-13(15)14-9-5-6-12-10-19-18(17)16(12)14;1-11-13(14-7-4-5-9-16-14)10-12-6-2-3-8-15(12)17-11;1-2-7-13-11(5-1)9-14-15-8-4-3-6-12(15)10-16(13)14;1-2-6-10(7-3-1)11-8-4-5-9-12-11;1-4(6)3-5(2)7;;/h1-14,16-19H;5-13,15-16H,14H2,1-4H3;3-9,11,19H,10H2,1-2H3;2-9H,1H2;1-8,10,14H,9H2;1-6,8-9H;3,6H,1-2H3;;/q-1;+1;;-1;;-1;;;. The molecule has 2 radical (unpaired) electrons. The maximum atomic E-state index is 10.0. The summed E-state index contributed by atoms with van der Waals surface area (Å²) < 4.78 is 10.4. The molecule has 0 aliphatic carbocycles. The van der Waals surface area contributed by atoms with E-state index in [1.165, 1.54) is 115 Å². The van der Waals surface area contributed by atoms with E-state index in [9.17, 15) is 4.79 Å². The number of azo groups is 1. The van der Waals surface area contributed by atoms with Crippen LogP contribution in [-0.2, 0) is 64.5 Å². The Hall–Kier alpha value is -13.9. The Bertz CT molecular complexity index is 6700. The number of aliphatic hydroxyl groups is 1. The van der Waals surface area contributed by atoms with Crippen LogP contribution in [0.3, 0.4) is 0 Å². The quantitative estimate of drug-likeness (QED) is 0.0324. The van der Waals surface area contributed by atoms with E-state index >= 15 is 0 Å². The first-order chi connectivity index (χ1) is 61.1. The number of pyridine rings is 3. The average molecular weight is 2020 g/mol. The molecule has 0 saturated carbocycles. The van der Waals surface area contributed by atoms with Crippen molar-refractivity contribution >= 4 is 60.9 Å². The van der Waals surface area contributed by atoms with Gasteiger partial charge in [-0.2, -0.15) is 14.8 Å². The molecule has 0 amide bonds. The zero-order valence-electron chi connectivity index (χ0n) is 72.2. The molecule has 127 heavy (non-hydrogen) atoms. The minimum absolute atomic E-state index is 0. The van der Waals surface area contributed by atoms with Crippen LogP contribution in [0.5, 0.6) is 5.75 Å². The van der Waals surface area contributed by atoms with Gasteiger partial charge < -0.3 is 29.9 Å². The third kappa shape index (κ3) is 20.6. The molecule has 4 aromatic heterocycles. The molecule has 22 rings (SSSR count). The Labute approximate surface area is 771 Å². The van der Waals surface area contributed by atoms with Crippen molar-refractivity contribution in [1.29, 1.82) is 0 Å². The summed E-state index contributed by atoms with van der Waals surface area (Å²) in [6.45, 7) is 21.8. The molecule has 12 aromatic carbocycles. The van der Waals surface area contributed by atoms with E-state index < -0.39 is 0 Å². The van der Waals surface area contributed by atoms with Crippen molar-refractivity contribution in [1.82, 2.24) is 24.4 Å². The van der Waals surface area contributed by atoms with Gasteiger partial charge in [-0.15, -0.1) is 83.9 Å². The molecule has 0 fully saturated rings. The van der Waals surface area contributed by atoms with E-state index in [1.54, 1.807) is 12.4 Å². The molecule has 6 aliphatic rings. The minimum atomic E-state index is -0.125. The van der Waals surface area contributed by atoms with Gasteiger partial charge in [0.25, 0.3) is 5.82 Å². The summed E-state index contributed by atoms with van der Waals surface area (Å²) in [5, 5.41) is 27.0. The number of rotatable bonds is 11. The molecule has 2 N–H and O–H groups in total. The molecule has 1 unspecified atom stereocenters. The van der Waals surface area contributed by atoms with Crippen molar-refractivity contribution in [2.45, 2.75) is 98.9 Å². The molecular weight excluding hydrogens is 1920 g/mol. The number of fused-ring (bicyclic) bond motifs is 12. The molecule has 0 spiro atoms. The molecule has 0 bridgehead atoms. The van der Waals surface area contributed by atoms with E-state index in [1.807, 2.05) is 129 Å². The zero-order chi connectivity index (χ0) is 86.3. The number of nitrogens with one attached hydrogen (secondary N) is 1. The van der Waals surface area contributed by atoms with Gasteiger partial charge in [-0.3, -0.25) is 14.8 Å². The van der Waals surface area contributed by atoms with Crippen molar-refractivity contribution < 1.29 is 59.4 Å². The van der Waals surface area contributed by atoms with Crippen LogP contribution in [-0.4, -0.2) is 47.5 Å². The Morgan fingerprint density at radius 3 is 1.87 bits per heavy atom. The van der Waals surface area contributed by atoms with Gasteiger partial charge in [0.05, 0.1) is 45.8 Å². The zero-order valence-corrected chi connectivity index (χ0v) is 77.0. The number of carbonyl (C=O) groups excluding carboxylic acids is 1. The predicted molar refractivity (Wildman–Crippen MR) is 510 cm³/mol. The van der Waals surface area contributed by atoms with E-state index in [2.05, 4.69) is 328 Å². The molecule has 16 aromatic rings. The molecule has 6 aliphatic heterocycles. The Balaban J connectivity index is 0.000000123. The number of anilines is 2. The SMILES string of the molecule is C1=CC2=CN3c4ccccc4CC3N2C=C1.C=C1Oc2ccccc2[C-]=C1c1ccccn1.CC(=O)C=C(C)O.CC(C)N=Nc1c2c3c(cccc3c3ccccc13)CN2.CC(C)c1cccc(C(C)C)c1-n1cc[n+]2c1-c1ccccc1C2.[Ir].[Ir].[c-]1ccccc1-c1cc(-c2ccccc2)c2cc(-c3ccccc3)ccc2n1.[c-]1ccccc1-c1ccccn1. The molecule has 10 heterocycles. The van der Waals surface area contributed by atoms with Gasteiger partial charge in [0.2, 0.25) is 0 Å². The fraction of sp³-hybridized carbons (Fsp3) is 0.134. The number of benzene rings is 12. The van der Waals surface area contributed by atoms with Crippen LogP contribution in [0, 0.1) is 18.2 Å². The number of ketones is 1. The summed E-state index contributed by atoms with van der Waals surface area (Å²) in [7, 11) is 0. The number of hydrogen-bond donors (Lipinski definition) is 2. The van der Waals surface area contributed by atoms with Gasteiger partial charge in [-0.1, -0.05) is 264 Å². The second-order valence-electron chi connectivity index (χ2n) is 31.9. The summed E-state index contributed by atoms with van der Waals surface area (Å²) in [5.41, 5.74) is 26.8. The van der Waals surface area contributed by atoms with E-state index in [0.717, 1.165) is 92.3 Å². The number of allylic oxidation sites excluding steroid dienone is 6. The number of carbonyl (C=O) groups is 1. The average Bonchev–Trinajstić information content (AvgIpc) is 1.66. The molecule has 13 nitrogen and oxygen atoms in total. The summed E-state index contributed by atoms with van der Waals surface area (Å²) in [6, 6.07) is 111. The van der Waals surface area contributed by atoms with Gasteiger partial charge in [-0.05, 0) is 144 Å². The normalized spacial score (nSPS) is 13.5.